The summed E-state index contributed by atoms with van der Waals surface area (Å²) >= 11 is 0. The Labute approximate surface area is 143 Å². The molecule has 1 spiro atoms. The van der Waals surface area contributed by atoms with Crippen molar-refractivity contribution in [2.75, 3.05) is 24.7 Å². The molecule has 0 aromatic rings. The van der Waals surface area contributed by atoms with Crippen LogP contribution in [0.3, 0.4) is 0 Å². The Morgan fingerprint density at radius 1 is 1.29 bits per heavy atom. The number of amides is 3. The molecular formula is C16H27N3O4S. The second-order valence-corrected chi connectivity index (χ2v) is 9.61. The van der Waals surface area contributed by atoms with Crippen LogP contribution in [-0.4, -0.2) is 66.5 Å². The lowest BCUT2D eigenvalue weighted by atomic mass is 9.73. The minimum absolute atomic E-state index is 0.110. The van der Waals surface area contributed by atoms with Crippen molar-refractivity contribution in [1.29, 1.82) is 0 Å². The van der Waals surface area contributed by atoms with Gasteiger partial charge in [-0.05, 0) is 31.7 Å². The van der Waals surface area contributed by atoms with Crippen molar-refractivity contribution < 1.29 is 18.0 Å². The Kier molecular flexibility index (Phi) is 4.63. The molecule has 0 radical (unpaired) electrons. The van der Waals surface area contributed by atoms with E-state index in [-0.39, 0.29) is 42.1 Å². The second kappa shape index (κ2) is 6.29. The standard InChI is InChI=1S/C16H27N3O4S/c1-3-18(13-7-9-24(22,23)10-13)11-19-14(20)16(17-15(19)21)8-5-4-6-12(16)2/h12-13H,3-11H2,1-2H3,(H,17,21)/t12-,13-,16+/m1/s1. The number of hydrogen-bond acceptors (Lipinski definition) is 5. The summed E-state index contributed by atoms with van der Waals surface area (Å²) in [5, 5.41) is 2.95. The Balaban J connectivity index is 1.74. The molecule has 0 aromatic heterocycles. The molecule has 1 N–H and O–H groups in total. The topological polar surface area (TPSA) is 86.8 Å². The fourth-order valence-electron chi connectivity index (χ4n) is 4.34. The van der Waals surface area contributed by atoms with Crippen LogP contribution in [0.25, 0.3) is 0 Å². The molecule has 0 bridgehead atoms. The molecule has 3 fully saturated rings. The minimum Gasteiger partial charge on any atom is -0.323 e. The van der Waals surface area contributed by atoms with Crippen molar-refractivity contribution in [3.8, 4) is 0 Å². The largest absolute Gasteiger partial charge is 0.326 e. The van der Waals surface area contributed by atoms with E-state index in [1.54, 1.807) is 0 Å². The highest BCUT2D eigenvalue weighted by atomic mass is 32.2. The van der Waals surface area contributed by atoms with E-state index in [0.717, 1.165) is 19.3 Å². The van der Waals surface area contributed by atoms with Gasteiger partial charge in [-0.3, -0.25) is 9.69 Å². The number of imide groups is 1. The van der Waals surface area contributed by atoms with Crippen molar-refractivity contribution in [1.82, 2.24) is 15.1 Å². The molecule has 2 saturated heterocycles. The van der Waals surface area contributed by atoms with E-state index in [1.807, 2.05) is 18.7 Å². The van der Waals surface area contributed by atoms with Crippen molar-refractivity contribution in [2.24, 2.45) is 5.92 Å². The molecule has 1 saturated carbocycles. The van der Waals surface area contributed by atoms with Gasteiger partial charge in [-0.2, -0.15) is 0 Å². The minimum atomic E-state index is -2.99. The third kappa shape index (κ3) is 2.94. The molecule has 136 valence electrons. The lowest BCUT2D eigenvalue weighted by Crippen LogP contribution is -2.54. The van der Waals surface area contributed by atoms with Gasteiger partial charge in [-0.15, -0.1) is 0 Å². The van der Waals surface area contributed by atoms with Gasteiger partial charge in [0.15, 0.2) is 9.84 Å². The van der Waals surface area contributed by atoms with Gasteiger partial charge < -0.3 is 5.32 Å². The Hall–Kier alpha value is -1.15. The number of sulfone groups is 1. The lowest BCUT2D eigenvalue weighted by Gasteiger charge is -2.37. The molecule has 3 amide bonds. The summed E-state index contributed by atoms with van der Waals surface area (Å²) in [7, 11) is -2.99. The number of carbonyl (C=O) groups excluding carboxylic acids is 2. The summed E-state index contributed by atoms with van der Waals surface area (Å²) in [4.78, 5) is 28.7. The van der Waals surface area contributed by atoms with Gasteiger partial charge in [0.2, 0.25) is 0 Å². The molecular weight excluding hydrogens is 330 g/mol. The number of nitrogens with zero attached hydrogens (tertiary/aromatic N) is 2. The van der Waals surface area contributed by atoms with Gasteiger partial charge >= 0.3 is 6.03 Å². The molecule has 3 aliphatic rings. The Morgan fingerprint density at radius 3 is 2.62 bits per heavy atom. The van der Waals surface area contributed by atoms with Crippen molar-refractivity contribution in [2.45, 2.75) is 57.5 Å². The summed E-state index contributed by atoms with van der Waals surface area (Å²) in [6.07, 6.45) is 4.24. The van der Waals surface area contributed by atoms with E-state index in [9.17, 15) is 18.0 Å². The molecule has 3 rings (SSSR count). The second-order valence-electron chi connectivity index (χ2n) is 7.38. The van der Waals surface area contributed by atoms with E-state index < -0.39 is 15.4 Å². The maximum Gasteiger partial charge on any atom is 0.326 e. The summed E-state index contributed by atoms with van der Waals surface area (Å²) in [5.41, 5.74) is -0.753. The normalized spacial score (nSPS) is 35.9. The van der Waals surface area contributed by atoms with Crippen LogP contribution < -0.4 is 5.32 Å². The maximum atomic E-state index is 13.0. The number of rotatable bonds is 4. The van der Waals surface area contributed by atoms with Crippen LogP contribution >= 0.6 is 0 Å². The maximum absolute atomic E-state index is 13.0. The molecule has 7 nitrogen and oxygen atoms in total. The highest BCUT2D eigenvalue weighted by Crippen LogP contribution is 2.38. The van der Waals surface area contributed by atoms with Crippen molar-refractivity contribution >= 4 is 21.8 Å². The predicted molar refractivity (Wildman–Crippen MR) is 90.0 cm³/mol. The smallest absolute Gasteiger partial charge is 0.323 e. The Bertz CT molecular complexity index is 635. The van der Waals surface area contributed by atoms with Crippen molar-refractivity contribution in [3.05, 3.63) is 0 Å². The number of urea groups is 1. The highest BCUT2D eigenvalue weighted by molar-refractivity contribution is 7.91. The van der Waals surface area contributed by atoms with Crippen LogP contribution in [0.5, 0.6) is 0 Å². The van der Waals surface area contributed by atoms with Crippen LogP contribution in [0.1, 0.15) is 46.0 Å². The van der Waals surface area contributed by atoms with Gasteiger partial charge in [0.1, 0.15) is 5.54 Å². The summed E-state index contributed by atoms with van der Waals surface area (Å²) in [6.45, 7) is 4.75. The first-order valence-electron chi connectivity index (χ1n) is 8.87. The van der Waals surface area contributed by atoms with Gasteiger partial charge in [-0.25, -0.2) is 18.1 Å². The SMILES string of the molecule is CCN(CN1C(=O)N[C@]2(CCCC[C@H]2C)C1=O)[C@@H]1CCS(=O)(=O)C1. The van der Waals surface area contributed by atoms with E-state index in [2.05, 4.69) is 5.32 Å². The fourth-order valence-corrected chi connectivity index (χ4v) is 6.10. The van der Waals surface area contributed by atoms with Gasteiger partial charge in [0.25, 0.3) is 5.91 Å². The quantitative estimate of drug-likeness (QED) is 0.757. The zero-order valence-electron chi connectivity index (χ0n) is 14.5. The third-order valence-corrected chi connectivity index (χ3v) is 7.71. The molecule has 0 aromatic carbocycles. The van der Waals surface area contributed by atoms with Crippen LogP contribution in [-0.2, 0) is 14.6 Å². The number of carbonyl (C=O) groups is 2. The number of hydrogen-bond donors (Lipinski definition) is 1. The molecule has 24 heavy (non-hydrogen) atoms. The van der Waals surface area contributed by atoms with E-state index in [1.165, 1.54) is 4.90 Å². The van der Waals surface area contributed by atoms with Crippen LogP contribution in [0, 0.1) is 5.92 Å². The summed E-state index contributed by atoms with van der Waals surface area (Å²) in [5.74, 6) is 0.301. The van der Waals surface area contributed by atoms with Crippen LogP contribution in [0.4, 0.5) is 4.79 Å². The van der Waals surface area contributed by atoms with Gasteiger partial charge in [-0.1, -0.05) is 26.7 Å². The fraction of sp³-hybridized carbons (Fsp3) is 0.875. The molecule has 1 aliphatic carbocycles. The van der Waals surface area contributed by atoms with Crippen LogP contribution in [0.15, 0.2) is 0 Å². The summed E-state index contributed by atoms with van der Waals surface area (Å²) in [6, 6.07) is -0.450. The van der Waals surface area contributed by atoms with Gasteiger partial charge in [0.05, 0.1) is 18.2 Å². The van der Waals surface area contributed by atoms with Crippen LogP contribution in [0.2, 0.25) is 0 Å². The van der Waals surface area contributed by atoms with E-state index >= 15 is 0 Å². The summed E-state index contributed by atoms with van der Waals surface area (Å²) < 4.78 is 23.5. The molecule has 2 aliphatic heterocycles. The first kappa shape index (κ1) is 17.7. The first-order valence-corrected chi connectivity index (χ1v) is 10.7. The molecule has 2 heterocycles. The highest BCUT2D eigenvalue weighted by Gasteiger charge is 2.55. The van der Waals surface area contributed by atoms with E-state index in [4.69, 9.17) is 0 Å². The molecule has 8 heteroatoms. The predicted octanol–water partition coefficient (Wildman–Crippen LogP) is 0.954. The molecule has 0 unspecified atom stereocenters. The van der Waals surface area contributed by atoms with Gasteiger partial charge in [0, 0.05) is 6.04 Å². The monoisotopic (exact) mass is 357 g/mol. The first-order chi connectivity index (χ1) is 11.3. The Morgan fingerprint density at radius 2 is 2.04 bits per heavy atom. The van der Waals surface area contributed by atoms with E-state index in [0.29, 0.717) is 19.4 Å². The third-order valence-electron chi connectivity index (χ3n) is 5.96. The lowest BCUT2D eigenvalue weighted by molar-refractivity contribution is -0.135. The average molecular weight is 357 g/mol. The van der Waals surface area contributed by atoms with Crippen molar-refractivity contribution in [3.63, 3.8) is 0 Å². The molecule has 3 atom stereocenters. The number of nitrogens with one attached hydrogen (secondary N) is 1. The zero-order chi connectivity index (χ0) is 17.5. The zero-order valence-corrected chi connectivity index (χ0v) is 15.3. The average Bonchev–Trinajstić information content (AvgIpc) is 3.00.